The third-order valence-corrected chi connectivity index (χ3v) is 7.23. The van der Waals surface area contributed by atoms with Gasteiger partial charge in [-0.2, -0.15) is 13.2 Å². The number of alkyl halides is 3. The SMILES string of the molecule is COCCn1c(Cc2cc(F)c(-c3cccc(OCc4cc(C)c(C(F)(F)F)cc4F)n3)cc2F)nc2ccc(C(O)O)cc21. The van der Waals surface area contributed by atoms with Gasteiger partial charge in [0.2, 0.25) is 5.88 Å². The number of hydrogen-bond donors (Lipinski definition) is 2. The van der Waals surface area contributed by atoms with Crippen molar-refractivity contribution >= 4 is 11.0 Å². The van der Waals surface area contributed by atoms with Crippen molar-refractivity contribution in [1.82, 2.24) is 14.5 Å². The number of hydrogen-bond acceptors (Lipinski definition) is 6. The van der Waals surface area contributed by atoms with Crippen molar-refractivity contribution in [3.63, 3.8) is 0 Å². The van der Waals surface area contributed by atoms with E-state index >= 15 is 8.78 Å². The van der Waals surface area contributed by atoms with Crippen LogP contribution in [0.2, 0.25) is 0 Å². The number of methoxy groups -OCH3 is 1. The van der Waals surface area contributed by atoms with E-state index in [4.69, 9.17) is 9.47 Å². The van der Waals surface area contributed by atoms with E-state index in [0.717, 1.165) is 18.2 Å². The van der Waals surface area contributed by atoms with Gasteiger partial charge < -0.3 is 24.3 Å². The Morgan fingerprint density at radius 2 is 1.64 bits per heavy atom. The van der Waals surface area contributed by atoms with E-state index in [9.17, 15) is 27.8 Å². The number of rotatable bonds is 10. The van der Waals surface area contributed by atoms with Gasteiger partial charge in [-0.05, 0) is 60.5 Å². The van der Waals surface area contributed by atoms with E-state index in [0.29, 0.717) is 29.5 Å². The van der Waals surface area contributed by atoms with Crippen molar-refractivity contribution in [2.45, 2.75) is 39.0 Å². The molecule has 0 unspecified atom stereocenters. The molecule has 7 nitrogen and oxygen atoms in total. The molecule has 0 fully saturated rings. The van der Waals surface area contributed by atoms with Crippen LogP contribution in [0.3, 0.4) is 0 Å². The summed E-state index contributed by atoms with van der Waals surface area (Å²) in [7, 11) is 1.51. The normalized spacial score (nSPS) is 12.0. The minimum Gasteiger partial charge on any atom is -0.473 e. The molecule has 45 heavy (non-hydrogen) atoms. The van der Waals surface area contributed by atoms with Crippen molar-refractivity contribution in [2.24, 2.45) is 0 Å². The zero-order valence-corrected chi connectivity index (χ0v) is 24.0. The summed E-state index contributed by atoms with van der Waals surface area (Å²) in [4.78, 5) is 8.72. The minimum atomic E-state index is -4.71. The Kier molecular flexibility index (Phi) is 9.14. The van der Waals surface area contributed by atoms with Gasteiger partial charge in [-0.1, -0.05) is 12.1 Å². The van der Waals surface area contributed by atoms with Crippen molar-refractivity contribution < 1.29 is 46.0 Å². The first-order valence-corrected chi connectivity index (χ1v) is 13.6. The molecule has 0 aliphatic carbocycles. The zero-order chi connectivity index (χ0) is 32.5. The van der Waals surface area contributed by atoms with Gasteiger partial charge in [-0.3, -0.25) is 0 Å². The lowest BCUT2D eigenvalue weighted by atomic mass is 10.0. The molecule has 0 aliphatic heterocycles. The van der Waals surface area contributed by atoms with E-state index in [-0.39, 0.29) is 52.4 Å². The molecule has 13 heteroatoms. The molecule has 236 valence electrons. The average molecular weight is 632 g/mol. The minimum absolute atomic E-state index is 0.00759. The number of benzene rings is 3. The molecule has 0 radical (unpaired) electrons. The van der Waals surface area contributed by atoms with Gasteiger partial charge in [0.15, 0.2) is 6.29 Å². The van der Waals surface area contributed by atoms with E-state index in [1.807, 2.05) is 0 Å². The molecule has 0 aliphatic rings. The van der Waals surface area contributed by atoms with Crippen LogP contribution in [-0.4, -0.2) is 38.5 Å². The Balaban J connectivity index is 1.39. The number of aryl methyl sites for hydroxylation is 1. The number of pyridine rings is 1. The third-order valence-electron chi connectivity index (χ3n) is 7.23. The molecule has 0 saturated heterocycles. The molecular formula is C32H27F6N3O4. The predicted molar refractivity (Wildman–Crippen MR) is 152 cm³/mol. The second-order valence-electron chi connectivity index (χ2n) is 10.3. The first-order chi connectivity index (χ1) is 21.3. The summed E-state index contributed by atoms with van der Waals surface area (Å²) in [6.45, 7) is 1.37. The van der Waals surface area contributed by atoms with Gasteiger partial charge in [0.25, 0.3) is 0 Å². The Bertz CT molecular complexity index is 1860. The average Bonchev–Trinajstić information content (AvgIpc) is 3.33. The van der Waals surface area contributed by atoms with Crippen LogP contribution in [-0.2, 0) is 30.5 Å². The number of aliphatic hydroxyl groups is 2. The first kappa shape index (κ1) is 31.9. The summed E-state index contributed by atoms with van der Waals surface area (Å²) in [5.41, 5.74) is -0.213. The molecule has 0 saturated carbocycles. The highest BCUT2D eigenvalue weighted by Gasteiger charge is 2.33. The quantitative estimate of drug-likeness (QED) is 0.133. The second-order valence-corrected chi connectivity index (χ2v) is 10.3. The van der Waals surface area contributed by atoms with Gasteiger partial charge in [0.05, 0.1) is 28.9 Å². The van der Waals surface area contributed by atoms with E-state index < -0.39 is 42.1 Å². The Morgan fingerprint density at radius 3 is 2.36 bits per heavy atom. The smallest absolute Gasteiger partial charge is 0.416 e. The van der Waals surface area contributed by atoms with Crippen molar-refractivity contribution in [1.29, 1.82) is 0 Å². The summed E-state index contributed by atoms with van der Waals surface area (Å²) in [6, 6.07) is 12.4. The van der Waals surface area contributed by atoms with Crippen LogP contribution in [0.1, 0.15) is 39.9 Å². The highest BCUT2D eigenvalue weighted by Crippen LogP contribution is 2.34. The fourth-order valence-corrected chi connectivity index (χ4v) is 4.96. The number of aromatic nitrogens is 3. The maximum atomic E-state index is 15.4. The zero-order valence-electron chi connectivity index (χ0n) is 24.0. The standard InChI is InChI=1S/C32H27F6N3O4/c1-17-10-20(24(34)15-22(17)32(36,37)38)16-45-30-5-3-4-26(40-30)21-14-23(33)19(11-25(21)35)13-29-39-27-7-6-18(31(42)43)12-28(27)41(29)8-9-44-2/h3-7,10-12,14-15,31,42-43H,8-9,13,16H2,1-2H3. The molecule has 0 amide bonds. The van der Waals surface area contributed by atoms with Gasteiger partial charge in [0, 0.05) is 42.8 Å². The third kappa shape index (κ3) is 6.95. The molecule has 2 aromatic heterocycles. The number of fused-ring (bicyclic) bond motifs is 1. The van der Waals surface area contributed by atoms with E-state index in [1.54, 1.807) is 16.7 Å². The molecule has 0 bridgehead atoms. The summed E-state index contributed by atoms with van der Waals surface area (Å²) in [5.74, 6) is -2.30. The summed E-state index contributed by atoms with van der Waals surface area (Å²) < 4.78 is 96.8. The maximum Gasteiger partial charge on any atom is 0.416 e. The van der Waals surface area contributed by atoms with Crippen LogP contribution in [0, 0.1) is 24.4 Å². The van der Waals surface area contributed by atoms with Crippen molar-refractivity contribution in [2.75, 3.05) is 13.7 Å². The van der Waals surface area contributed by atoms with Gasteiger partial charge in [-0.15, -0.1) is 0 Å². The van der Waals surface area contributed by atoms with Gasteiger partial charge in [-0.25, -0.2) is 23.1 Å². The van der Waals surface area contributed by atoms with E-state index in [1.165, 1.54) is 38.3 Å². The number of nitrogens with zero attached hydrogens (tertiary/aromatic N) is 3. The molecule has 5 rings (SSSR count). The second kappa shape index (κ2) is 12.9. The lowest BCUT2D eigenvalue weighted by Crippen LogP contribution is -2.10. The predicted octanol–water partition coefficient (Wildman–Crippen LogP) is 6.64. The lowest BCUT2D eigenvalue weighted by Gasteiger charge is -2.14. The van der Waals surface area contributed by atoms with Gasteiger partial charge in [0.1, 0.15) is 29.9 Å². The largest absolute Gasteiger partial charge is 0.473 e. The molecular weight excluding hydrogens is 604 g/mol. The fraction of sp³-hybridized carbons (Fsp3) is 0.250. The molecule has 2 heterocycles. The molecule has 0 spiro atoms. The molecule has 3 aromatic carbocycles. The summed E-state index contributed by atoms with van der Waals surface area (Å²) >= 11 is 0. The Morgan fingerprint density at radius 1 is 0.889 bits per heavy atom. The fourth-order valence-electron chi connectivity index (χ4n) is 4.96. The van der Waals surface area contributed by atoms with Crippen LogP contribution in [0.4, 0.5) is 26.3 Å². The van der Waals surface area contributed by atoms with Crippen molar-refractivity contribution in [3.8, 4) is 17.1 Å². The molecule has 5 aromatic rings. The van der Waals surface area contributed by atoms with Crippen LogP contribution >= 0.6 is 0 Å². The lowest BCUT2D eigenvalue weighted by molar-refractivity contribution is -0.138. The Labute approximate surface area is 253 Å². The maximum absolute atomic E-state index is 15.4. The molecule has 0 atom stereocenters. The van der Waals surface area contributed by atoms with Gasteiger partial charge >= 0.3 is 6.18 Å². The first-order valence-electron chi connectivity index (χ1n) is 13.6. The van der Waals surface area contributed by atoms with Crippen molar-refractivity contribution in [3.05, 3.63) is 112 Å². The van der Waals surface area contributed by atoms with Crippen LogP contribution in [0.5, 0.6) is 5.88 Å². The van der Waals surface area contributed by atoms with Crippen LogP contribution in [0.15, 0.2) is 60.7 Å². The number of aliphatic hydroxyl groups excluding tert-OH is 1. The Hall–Kier alpha value is -4.46. The van der Waals surface area contributed by atoms with Crippen LogP contribution in [0.25, 0.3) is 22.3 Å². The van der Waals surface area contributed by atoms with E-state index in [2.05, 4.69) is 9.97 Å². The summed E-state index contributed by atoms with van der Waals surface area (Å²) in [6.07, 6.45) is -6.49. The topological polar surface area (TPSA) is 89.6 Å². The highest BCUT2D eigenvalue weighted by atomic mass is 19.4. The van der Waals surface area contributed by atoms with Crippen LogP contribution < -0.4 is 4.74 Å². The number of halogens is 6. The summed E-state index contributed by atoms with van der Waals surface area (Å²) in [5, 5.41) is 19.2. The highest BCUT2D eigenvalue weighted by molar-refractivity contribution is 5.77. The molecule has 2 N–H and O–H groups in total. The number of imidazole rings is 1. The monoisotopic (exact) mass is 631 g/mol. The number of ether oxygens (including phenoxy) is 2.